The van der Waals surface area contributed by atoms with E-state index in [0.717, 1.165) is 31.6 Å². The van der Waals surface area contributed by atoms with Gasteiger partial charge in [0.15, 0.2) is 0 Å². The van der Waals surface area contributed by atoms with Gasteiger partial charge in [0.05, 0.1) is 12.0 Å². The summed E-state index contributed by atoms with van der Waals surface area (Å²) in [5.74, 6) is 0.0689. The van der Waals surface area contributed by atoms with Crippen LogP contribution in [0.2, 0.25) is 0 Å². The lowest BCUT2D eigenvalue weighted by Crippen LogP contribution is -2.47. The summed E-state index contributed by atoms with van der Waals surface area (Å²) in [4.78, 5) is 12.7. The van der Waals surface area contributed by atoms with E-state index < -0.39 is 5.41 Å². The van der Waals surface area contributed by atoms with Crippen LogP contribution in [0.1, 0.15) is 39.2 Å². The van der Waals surface area contributed by atoms with E-state index in [2.05, 4.69) is 43.5 Å². The average Bonchev–Trinajstić information content (AvgIpc) is 2.48. The van der Waals surface area contributed by atoms with E-state index in [1.54, 1.807) is 7.11 Å². The van der Waals surface area contributed by atoms with Gasteiger partial charge in [-0.2, -0.15) is 0 Å². The van der Waals surface area contributed by atoms with Crippen LogP contribution in [0.15, 0.2) is 24.3 Å². The molecule has 0 spiro atoms. The van der Waals surface area contributed by atoms with Crippen LogP contribution >= 0.6 is 12.4 Å². The molecule has 1 aliphatic heterocycles. The molecule has 23 heavy (non-hydrogen) atoms. The van der Waals surface area contributed by atoms with Crippen LogP contribution in [0.4, 0.5) is 5.69 Å². The lowest BCUT2D eigenvalue weighted by atomic mass is 9.78. The Morgan fingerprint density at radius 1 is 1.22 bits per heavy atom. The van der Waals surface area contributed by atoms with Gasteiger partial charge in [0.1, 0.15) is 0 Å². The minimum Gasteiger partial charge on any atom is -0.384 e. The van der Waals surface area contributed by atoms with Crippen molar-refractivity contribution < 1.29 is 9.53 Å². The van der Waals surface area contributed by atoms with E-state index in [-0.39, 0.29) is 23.7 Å². The first-order valence-electron chi connectivity index (χ1n) is 7.99. The number of carbonyl (C=O) groups is 1. The number of piperidine rings is 1. The molecule has 0 unspecified atom stereocenters. The minimum absolute atomic E-state index is 0. The Kier molecular flexibility index (Phi) is 7.05. The lowest BCUT2D eigenvalue weighted by Gasteiger charge is -2.35. The van der Waals surface area contributed by atoms with Crippen molar-refractivity contribution in [1.29, 1.82) is 0 Å². The second kappa shape index (κ2) is 8.13. The van der Waals surface area contributed by atoms with Gasteiger partial charge in [-0.1, -0.05) is 32.9 Å². The number of rotatable bonds is 4. The summed E-state index contributed by atoms with van der Waals surface area (Å²) >= 11 is 0. The van der Waals surface area contributed by atoms with Crippen molar-refractivity contribution in [2.24, 2.45) is 5.41 Å². The minimum atomic E-state index is -0.414. The van der Waals surface area contributed by atoms with Crippen LogP contribution in [-0.2, 0) is 14.9 Å². The van der Waals surface area contributed by atoms with Gasteiger partial charge in [0.25, 0.3) is 0 Å². The van der Waals surface area contributed by atoms with Crippen molar-refractivity contribution in [3.63, 3.8) is 0 Å². The third kappa shape index (κ3) is 4.93. The van der Waals surface area contributed by atoms with Crippen molar-refractivity contribution >= 4 is 24.0 Å². The number of halogens is 1. The van der Waals surface area contributed by atoms with Gasteiger partial charge in [0.2, 0.25) is 5.91 Å². The van der Waals surface area contributed by atoms with Crippen LogP contribution in [0.25, 0.3) is 0 Å². The molecule has 0 saturated carbocycles. The highest BCUT2D eigenvalue weighted by molar-refractivity contribution is 5.95. The SMILES string of the molecule is COCC1(C(=O)Nc2ccc(C(C)(C)C)cc2)CCNCC1.Cl. The quantitative estimate of drug-likeness (QED) is 0.883. The van der Waals surface area contributed by atoms with Gasteiger partial charge in [0, 0.05) is 12.8 Å². The smallest absolute Gasteiger partial charge is 0.233 e. The number of anilines is 1. The number of nitrogens with one attached hydrogen (secondary N) is 2. The molecular weight excluding hydrogens is 312 g/mol. The van der Waals surface area contributed by atoms with Crippen LogP contribution in [0.5, 0.6) is 0 Å². The molecule has 0 aliphatic carbocycles. The second-order valence-corrected chi connectivity index (χ2v) is 7.24. The molecule has 0 aromatic heterocycles. The summed E-state index contributed by atoms with van der Waals surface area (Å²) in [5.41, 5.74) is 1.82. The fourth-order valence-corrected chi connectivity index (χ4v) is 2.94. The molecule has 2 N–H and O–H groups in total. The zero-order valence-electron chi connectivity index (χ0n) is 14.6. The summed E-state index contributed by atoms with van der Waals surface area (Å²) in [5, 5.41) is 6.37. The third-order valence-corrected chi connectivity index (χ3v) is 4.47. The van der Waals surface area contributed by atoms with Gasteiger partial charge in [-0.15, -0.1) is 12.4 Å². The normalized spacial score (nSPS) is 17.2. The summed E-state index contributed by atoms with van der Waals surface area (Å²) in [6.45, 7) is 8.75. The van der Waals surface area contributed by atoms with E-state index in [1.807, 2.05) is 12.1 Å². The number of amides is 1. The monoisotopic (exact) mass is 340 g/mol. The van der Waals surface area contributed by atoms with Crippen LogP contribution < -0.4 is 10.6 Å². The van der Waals surface area contributed by atoms with Gasteiger partial charge in [-0.05, 0) is 49.0 Å². The van der Waals surface area contributed by atoms with Crippen molar-refractivity contribution in [2.45, 2.75) is 39.0 Å². The second-order valence-electron chi connectivity index (χ2n) is 7.24. The standard InChI is InChI=1S/C18H28N2O2.ClH/c1-17(2,3)14-5-7-15(8-6-14)20-16(21)18(13-22-4)9-11-19-12-10-18;/h5-8,19H,9-13H2,1-4H3,(H,20,21);1H. The average molecular weight is 341 g/mol. The Balaban J connectivity index is 0.00000264. The van der Waals surface area contributed by atoms with Crippen LogP contribution in [0.3, 0.4) is 0 Å². The maximum atomic E-state index is 12.7. The maximum absolute atomic E-state index is 12.7. The predicted molar refractivity (Wildman–Crippen MR) is 97.4 cm³/mol. The summed E-state index contributed by atoms with van der Waals surface area (Å²) in [6, 6.07) is 8.14. The first kappa shape index (κ1) is 19.9. The topological polar surface area (TPSA) is 50.4 Å². The van der Waals surface area contributed by atoms with Gasteiger partial charge in [-0.3, -0.25) is 4.79 Å². The zero-order chi connectivity index (χ0) is 16.2. The summed E-state index contributed by atoms with van der Waals surface area (Å²) in [6.07, 6.45) is 1.62. The predicted octanol–water partition coefficient (Wildman–Crippen LogP) is 3.36. The summed E-state index contributed by atoms with van der Waals surface area (Å²) < 4.78 is 5.32. The lowest BCUT2D eigenvalue weighted by molar-refractivity contribution is -0.130. The fourth-order valence-electron chi connectivity index (χ4n) is 2.94. The molecule has 1 aromatic rings. The molecule has 0 radical (unpaired) electrons. The Labute approximate surface area is 145 Å². The number of hydrogen-bond donors (Lipinski definition) is 2. The molecule has 0 bridgehead atoms. The zero-order valence-corrected chi connectivity index (χ0v) is 15.4. The maximum Gasteiger partial charge on any atom is 0.233 e. The Morgan fingerprint density at radius 2 is 1.78 bits per heavy atom. The Morgan fingerprint density at radius 3 is 2.26 bits per heavy atom. The molecule has 1 aliphatic rings. The fraction of sp³-hybridized carbons (Fsp3) is 0.611. The first-order chi connectivity index (χ1) is 10.4. The van der Waals surface area contributed by atoms with E-state index >= 15 is 0 Å². The Bertz CT molecular complexity index is 497. The van der Waals surface area contributed by atoms with Gasteiger partial charge in [-0.25, -0.2) is 0 Å². The molecule has 1 aromatic carbocycles. The third-order valence-electron chi connectivity index (χ3n) is 4.47. The molecule has 2 rings (SSSR count). The van der Waals surface area contributed by atoms with Gasteiger partial charge < -0.3 is 15.4 Å². The molecule has 1 amide bonds. The molecule has 4 nitrogen and oxygen atoms in total. The first-order valence-corrected chi connectivity index (χ1v) is 7.99. The molecule has 0 atom stereocenters. The van der Waals surface area contributed by atoms with Crippen LogP contribution in [0, 0.1) is 5.41 Å². The van der Waals surface area contributed by atoms with Crippen molar-refractivity contribution in [3.8, 4) is 0 Å². The molecule has 1 saturated heterocycles. The molecule has 130 valence electrons. The number of benzene rings is 1. The highest BCUT2D eigenvalue weighted by Crippen LogP contribution is 2.31. The molecular formula is C18H29ClN2O2. The van der Waals surface area contributed by atoms with E-state index in [0.29, 0.717) is 6.61 Å². The van der Waals surface area contributed by atoms with Gasteiger partial charge >= 0.3 is 0 Å². The Hall–Kier alpha value is -1.10. The molecule has 1 fully saturated rings. The number of hydrogen-bond acceptors (Lipinski definition) is 3. The van der Waals surface area contributed by atoms with E-state index in [1.165, 1.54) is 5.56 Å². The van der Waals surface area contributed by atoms with Crippen molar-refractivity contribution in [3.05, 3.63) is 29.8 Å². The number of carbonyl (C=O) groups excluding carboxylic acids is 1. The number of methoxy groups -OCH3 is 1. The van der Waals surface area contributed by atoms with Crippen molar-refractivity contribution in [2.75, 3.05) is 32.1 Å². The van der Waals surface area contributed by atoms with E-state index in [9.17, 15) is 4.79 Å². The highest BCUT2D eigenvalue weighted by atomic mass is 35.5. The van der Waals surface area contributed by atoms with Crippen LogP contribution in [-0.4, -0.2) is 32.7 Å². The highest BCUT2D eigenvalue weighted by Gasteiger charge is 2.39. The van der Waals surface area contributed by atoms with E-state index in [4.69, 9.17) is 4.74 Å². The largest absolute Gasteiger partial charge is 0.384 e. The number of ether oxygens (including phenoxy) is 1. The molecule has 1 heterocycles. The summed E-state index contributed by atoms with van der Waals surface area (Å²) in [7, 11) is 1.66. The molecule has 5 heteroatoms. The van der Waals surface area contributed by atoms with Crippen molar-refractivity contribution in [1.82, 2.24) is 5.32 Å².